The van der Waals surface area contributed by atoms with E-state index in [1.807, 2.05) is 0 Å². The van der Waals surface area contributed by atoms with Gasteiger partial charge in [0.25, 0.3) is 5.91 Å². The van der Waals surface area contributed by atoms with Gasteiger partial charge in [-0.25, -0.2) is 4.79 Å². The van der Waals surface area contributed by atoms with Crippen molar-refractivity contribution in [3.63, 3.8) is 0 Å². The van der Waals surface area contributed by atoms with Gasteiger partial charge in [0.05, 0.1) is 5.56 Å². The average molecular weight is 235 g/mol. The van der Waals surface area contributed by atoms with Crippen molar-refractivity contribution in [2.75, 3.05) is 11.9 Å². The second-order valence-electron chi connectivity index (χ2n) is 3.87. The number of ether oxygens (including phenoxy) is 1. The highest BCUT2D eigenvalue weighted by Crippen LogP contribution is 2.15. The van der Waals surface area contributed by atoms with Crippen LogP contribution >= 0.6 is 0 Å². The quantitative estimate of drug-likeness (QED) is 0.832. The van der Waals surface area contributed by atoms with Crippen LogP contribution in [-0.4, -0.2) is 29.7 Å². The van der Waals surface area contributed by atoms with E-state index >= 15 is 0 Å². The standard InChI is InChI=1S/C12H13NO4/c14-11(10-2-1-7-17-10)13-9-5-3-8(4-6-9)12(15)16/h3-6,10H,1-2,7H2,(H,13,14)(H,15,16)/t10-/m0/s1. The molecule has 1 fully saturated rings. The Morgan fingerprint density at radius 3 is 2.53 bits per heavy atom. The maximum Gasteiger partial charge on any atom is 0.335 e. The summed E-state index contributed by atoms with van der Waals surface area (Å²) < 4.78 is 5.24. The van der Waals surface area contributed by atoms with Gasteiger partial charge in [-0.1, -0.05) is 0 Å². The number of nitrogens with one attached hydrogen (secondary N) is 1. The third-order valence-corrected chi connectivity index (χ3v) is 2.62. The van der Waals surface area contributed by atoms with Gasteiger partial charge >= 0.3 is 5.97 Å². The molecule has 1 heterocycles. The highest BCUT2D eigenvalue weighted by molar-refractivity contribution is 5.95. The Balaban J connectivity index is 1.98. The van der Waals surface area contributed by atoms with Gasteiger partial charge in [-0.15, -0.1) is 0 Å². The van der Waals surface area contributed by atoms with Crippen molar-refractivity contribution >= 4 is 17.6 Å². The average Bonchev–Trinajstić information content (AvgIpc) is 2.83. The minimum Gasteiger partial charge on any atom is -0.478 e. The Morgan fingerprint density at radius 1 is 1.29 bits per heavy atom. The predicted molar refractivity (Wildman–Crippen MR) is 61.0 cm³/mol. The molecule has 1 aromatic carbocycles. The largest absolute Gasteiger partial charge is 0.478 e. The molecule has 5 heteroatoms. The third kappa shape index (κ3) is 2.82. The summed E-state index contributed by atoms with van der Waals surface area (Å²) in [5.74, 6) is -1.16. The lowest BCUT2D eigenvalue weighted by molar-refractivity contribution is -0.124. The Kier molecular flexibility index (Phi) is 3.39. The van der Waals surface area contributed by atoms with Gasteiger partial charge in [-0.05, 0) is 37.1 Å². The van der Waals surface area contributed by atoms with Crippen LogP contribution in [0, 0.1) is 0 Å². The van der Waals surface area contributed by atoms with E-state index < -0.39 is 5.97 Å². The Morgan fingerprint density at radius 2 is 2.00 bits per heavy atom. The Hall–Kier alpha value is -1.88. The van der Waals surface area contributed by atoms with Crippen molar-refractivity contribution in [2.45, 2.75) is 18.9 Å². The van der Waals surface area contributed by atoms with Gasteiger partial charge in [0.15, 0.2) is 0 Å². The summed E-state index contributed by atoms with van der Waals surface area (Å²) in [6.45, 7) is 0.621. The first-order chi connectivity index (χ1) is 8.16. The molecule has 5 nitrogen and oxygen atoms in total. The summed E-state index contributed by atoms with van der Waals surface area (Å²) in [5.41, 5.74) is 0.774. The molecular formula is C12H13NO4. The van der Waals surface area contributed by atoms with Crippen LogP contribution in [0.5, 0.6) is 0 Å². The number of rotatable bonds is 3. The summed E-state index contributed by atoms with van der Waals surface area (Å²) >= 11 is 0. The molecule has 0 radical (unpaired) electrons. The van der Waals surface area contributed by atoms with Crippen LogP contribution in [0.15, 0.2) is 24.3 Å². The molecule has 1 amide bonds. The minimum absolute atomic E-state index is 0.175. The number of aromatic carboxylic acids is 1. The number of hydrogen-bond acceptors (Lipinski definition) is 3. The molecule has 0 bridgehead atoms. The van der Waals surface area contributed by atoms with E-state index in [0.717, 1.165) is 12.8 Å². The van der Waals surface area contributed by atoms with Gasteiger partial charge in [0, 0.05) is 12.3 Å². The summed E-state index contributed by atoms with van der Waals surface area (Å²) in [6.07, 6.45) is 1.25. The SMILES string of the molecule is O=C(O)c1ccc(NC(=O)[C@@H]2CCCO2)cc1. The molecule has 1 atom stereocenters. The van der Waals surface area contributed by atoms with Gasteiger partial charge in [-0.2, -0.15) is 0 Å². The zero-order valence-corrected chi connectivity index (χ0v) is 9.18. The van der Waals surface area contributed by atoms with E-state index in [4.69, 9.17) is 9.84 Å². The summed E-state index contributed by atoms with van der Waals surface area (Å²) in [5, 5.41) is 11.4. The van der Waals surface area contributed by atoms with Crippen LogP contribution in [0.3, 0.4) is 0 Å². The minimum atomic E-state index is -0.984. The van der Waals surface area contributed by atoms with E-state index in [9.17, 15) is 9.59 Å². The molecule has 17 heavy (non-hydrogen) atoms. The molecule has 0 unspecified atom stereocenters. The van der Waals surface area contributed by atoms with E-state index in [1.165, 1.54) is 12.1 Å². The Bertz CT molecular complexity index is 421. The first kappa shape index (κ1) is 11.6. The van der Waals surface area contributed by atoms with Gasteiger partial charge in [-0.3, -0.25) is 4.79 Å². The molecule has 2 N–H and O–H groups in total. The second-order valence-corrected chi connectivity index (χ2v) is 3.87. The fraction of sp³-hybridized carbons (Fsp3) is 0.333. The van der Waals surface area contributed by atoms with Crippen molar-refractivity contribution < 1.29 is 19.4 Å². The topological polar surface area (TPSA) is 75.6 Å². The molecule has 1 aromatic rings. The number of carbonyl (C=O) groups is 2. The number of carboxylic acids is 1. The van der Waals surface area contributed by atoms with Crippen molar-refractivity contribution in [3.8, 4) is 0 Å². The summed E-state index contributed by atoms with van der Waals surface area (Å²) in [7, 11) is 0. The van der Waals surface area contributed by atoms with Crippen LogP contribution in [0.2, 0.25) is 0 Å². The molecule has 2 rings (SSSR count). The third-order valence-electron chi connectivity index (χ3n) is 2.62. The van der Waals surface area contributed by atoms with Crippen LogP contribution in [0.4, 0.5) is 5.69 Å². The number of carbonyl (C=O) groups excluding carboxylic acids is 1. The van der Waals surface area contributed by atoms with E-state index in [1.54, 1.807) is 12.1 Å². The van der Waals surface area contributed by atoms with Crippen LogP contribution in [0.1, 0.15) is 23.2 Å². The molecule has 0 aromatic heterocycles. The normalized spacial score (nSPS) is 18.9. The lowest BCUT2D eigenvalue weighted by Crippen LogP contribution is -2.26. The maximum absolute atomic E-state index is 11.7. The molecule has 1 aliphatic heterocycles. The lowest BCUT2D eigenvalue weighted by atomic mass is 10.2. The van der Waals surface area contributed by atoms with Crippen LogP contribution < -0.4 is 5.32 Å². The number of anilines is 1. The molecule has 90 valence electrons. The maximum atomic E-state index is 11.7. The molecule has 0 aliphatic carbocycles. The van der Waals surface area contributed by atoms with Crippen molar-refractivity contribution in [1.82, 2.24) is 0 Å². The van der Waals surface area contributed by atoms with Gasteiger partial charge in [0.1, 0.15) is 6.10 Å². The summed E-state index contributed by atoms with van der Waals surface area (Å²) in [6, 6.07) is 6.04. The first-order valence-electron chi connectivity index (χ1n) is 5.42. The molecule has 0 saturated carbocycles. The van der Waals surface area contributed by atoms with Crippen molar-refractivity contribution in [2.24, 2.45) is 0 Å². The second kappa shape index (κ2) is 4.97. The molecular weight excluding hydrogens is 222 g/mol. The zero-order chi connectivity index (χ0) is 12.3. The van der Waals surface area contributed by atoms with Crippen molar-refractivity contribution in [3.05, 3.63) is 29.8 Å². The van der Waals surface area contributed by atoms with Crippen LogP contribution in [-0.2, 0) is 9.53 Å². The fourth-order valence-electron chi connectivity index (χ4n) is 1.70. The highest BCUT2D eigenvalue weighted by Gasteiger charge is 2.23. The van der Waals surface area contributed by atoms with E-state index in [0.29, 0.717) is 12.3 Å². The monoisotopic (exact) mass is 235 g/mol. The van der Waals surface area contributed by atoms with Crippen molar-refractivity contribution in [1.29, 1.82) is 0 Å². The number of benzene rings is 1. The fourth-order valence-corrected chi connectivity index (χ4v) is 1.70. The van der Waals surface area contributed by atoms with E-state index in [2.05, 4.69) is 5.32 Å². The van der Waals surface area contributed by atoms with E-state index in [-0.39, 0.29) is 17.6 Å². The zero-order valence-electron chi connectivity index (χ0n) is 9.18. The molecule has 0 spiro atoms. The Labute approximate surface area is 98.4 Å². The predicted octanol–water partition coefficient (Wildman–Crippen LogP) is 1.50. The smallest absolute Gasteiger partial charge is 0.335 e. The molecule has 1 aliphatic rings. The summed E-state index contributed by atoms with van der Waals surface area (Å²) in [4.78, 5) is 22.3. The van der Waals surface area contributed by atoms with Crippen LogP contribution in [0.25, 0.3) is 0 Å². The highest BCUT2D eigenvalue weighted by atomic mass is 16.5. The number of amides is 1. The number of carboxylic acid groups (broad SMARTS) is 1. The van der Waals surface area contributed by atoms with Gasteiger partial charge < -0.3 is 15.2 Å². The lowest BCUT2D eigenvalue weighted by Gasteiger charge is -2.10. The first-order valence-corrected chi connectivity index (χ1v) is 5.42. The van der Waals surface area contributed by atoms with Gasteiger partial charge in [0.2, 0.25) is 0 Å². The number of hydrogen-bond donors (Lipinski definition) is 2. The molecule has 1 saturated heterocycles.